The van der Waals surface area contributed by atoms with Gasteiger partial charge in [-0.1, -0.05) is 18.2 Å². The van der Waals surface area contributed by atoms with Crippen molar-refractivity contribution < 1.29 is 13.5 Å². The predicted octanol–water partition coefficient (Wildman–Crippen LogP) is 2.68. The van der Waals surface area contributed by atoms with Crippen molar-refractivity contribution in [2.24, 2.45) is 10.9 Å². The van der Waals surface area contributed by atoms with Gasteiger partial charge in [0.1, 0.15) is 5.75 Å². The van der Waals surface area contributed by atoms with Gasteiger partial charge in [-0.25, -0.2) is 4.99 Å². The molecule has 0 bridgehead atoms. The molecule has 1 fully saturated rings. The zero-order chi connectivity index (χ0) is 18.2. The number of halogens is 2. The molecule has 0 spiro atoms. The summed E-state index contributed by atoms with van der Waals surface area (Å²) in [5.74, 6) is 1.59. The quantitative estimate of drug-likeness (QED) is 0.529. The van der Waals surface area contributed by atoms with E-state index in [1.165, 1.54) is 18.9 Å². The second-order valence-corrected chi connectivity index (χ2v) is 6.43. The van der Waals surface area contributed by atoms with E-state index in [0.29, 0.717) is 17.6 Å². The Hall–Kier alpha value is -1.89. The van der Waals surface area contributed by atoms with E-state index in [2.05, 4.69) is 39.4 Å². The van der Waals surface area contributed by atoms with Crippen molar-refractivity contribution in [3.8, 4) is 5.75 Å². The van der Waals surface area contributed by atoms with Crippen molar-refractivity contribution in [3.05, 3.63) is 29.8 Å². The van der Waals surface area contributed by atoms with Crippen LogP contribution in [0, 0.1) is 5.92 Å². The summed E-state index contributed by atoms with van der Waals surface area (Å²) in [5, 5.41) is 6.56. The number of alkyl halides is 2. The van der Waals surface area contributed by atoms with Crippen LogP contribution in [0.4, 0.5) is 8.78 Å². The summed E-state index contributed by atoms with van der Waals surface area (Å²) >= 11 is 0. The number of para-hydroxylation sites is 1. The molecule has 1 unspecified atom stereocenters. The van der Waals surface area contributed by atoms with E-state index in [-0.39, 0.29) is 12.3 Å². The first-order chi connectivity index (χ1) is 12.0. The van der Waals surface area contributed by atoms with Crippen LogP contribution in [0.1, 0.15) is 25.3 Å². The summed E-state index contributed by atoms with van der Waals surface area (Å²) in [5.41, 5.74) is 0.631. The van der Waals surface area contributed by atoms with Crippen molar-refractivity contribution in [1.29, 1.82) is 0 Å². The normalized spacial score (nSPS) is 16.2. The number of likely N-dealkylation sites (N-methyl/N-ethyl adjacent to an activating group) is 1. The molecule has 5 nitrogen and oxygen atoms in total. The third kappa shape index (κ3) is 6.49. The molecule has 0 aromatic heterocycles. The number of hydrogen-bond donors (Lipinski definition) is 2. The molecule has 2 rings (SSSR count). The van der Waals surface area contributed by atoms with Crippen LogP contribution in [-0.2, 0) is 6.54 Å². The lowest BCUT2D eigenvalue weighted by molar-refractivity contribution is -0.0504. The van der Waals surface area contributed by atoms with Gasteiger partial charge in [-0.2, -0.15) is 8.78 Å². The third-order valence-electron chi connectivity index (χ3n) is 4.25. The molecule has 7 heteroatoms. The molecule has 140 valence electrons. The van der Waals surface area contributed by atoms with Gasteiger partial charge in [-0.3, -0.25) is 0 Å². The van der Waals surface area contributed by atoms with Gasteiger partial charge in [0.05, 0.1) is 6.54 Å². The molecule has 2 N–H and O–H groups in total. The van der Waals surface area contributed by atoms with Crippen molar-refractivity contribution >= 4 is 5.96 Å². The Morgan fingerprint density at radius 3 is 2.60 bits per heavy atom. The first-order valence-corrected chi connectivity index (χ1v) is 8.72. The molecule has 1 saturated carbocycles. The number of aliphatic imine (C=N–C) groups is 1. The van der Waals surface area contributed by atoms with Crippen LogP contribution in [-0.4, -0.2) is 50.7 Å². The average Bonchev–Trinajstić information content (AvgIpc) is 3.38. The zero-order valence-electron chi connectivity index (χ0n) is 15.1. The number of guanidine groups is 1. The molecule has 1 aliphatic rings. The molecule has 1 aromatic carbocycles. The van der Waals surface area contributed by atoms with Gasteiger partial charge in [-0.15, -0.1) is 0 Å². The first kappa shape index (κ1) is 19.4. The lowest BCUT2D eigenvalue weighted by Crippen LogP contribution is -2.46. The van der Waals surface area contributed by atoms with Gasteiger partial charge in [0.2, 0.25) is 0 Å². The molecular weight excluding hydrogens is 326 g/mol. The van der Waals surface area contributed by atoms with Gasteiger partial charge in [0.15, 0.2) is 5.96 Å². The molecule has 0 heterocycles. The maximum atomic E-state index is 12.5. The summed E-state index contributed by atoms with van der Waals surface area (Å²) in [7, 11) is 4.18. The number of hydrogen-bond acceptors (Lipinski definition) is 3. The molecule has 0 radical (unpaired) electrons. The van der Waals surface area contributed by atoms with Crippen molar-refractivity contribution in [2.75, 3.05) is 27.2 Å². The summed E-state index contributed by atoms with van der Waals surface area (Å²) in [4.78, 5) is 6.75. The Labute approximate surface area is 148 Å². The number of benzene rings is 1. The highest BCUT2D eigenvalue weighted by molar-refractivity contribution is 5.79. The van der Waals surface area contributed by atoms with E-state index in [4.69, 9.17) is 0 Å². The van der Waals surface area contributed by atoms with Crippen LogP contribution in [0.15, 0.2) is 29.3 Å². The molecule has 0 aliphatic heterocycles. The van der Waals surface area contributed by atoms with Gasteiger partial charge in [0, 0.05) is 24.7 Å². The van der Waals surface area contributed by atoms with E-state index in [0.717, 1.165) is 19.0 Å². The Kier molecular flexibility index (Phi) is 7.43. The fourth-order valence-electron chi connectivity index (χ4n) is 2.80. The van der Waals surface area contributed by atoms with E-state index in [1.54, 1.807) is 18.2 Å². The molecular formula is C18H28F2N4O. The molecule has 1 aromatic rings. The van der Waals surface area contributed by atoms with E-state index in [9.17, 15) is 8.78 Å². The fourth-order valence-corrected chi connectivity index (χ4v) is 2.80. The minimum absolute atomic E-state index is 0.168. The molecule has 1 atom stereocenters. The molecule has 25 heavy (non-hydrogen) atoms. The van der Waals surface area contributed by atoms with Crippen molar-refractivity contribution in [3.63, 3.8) is 0 Å². The smallest absolute Gasteiger partial charge is 0.387 e. The number of ether oxygens (including phenoxy) is 1. The van der Waals surface area contributed by atoms with Gasteiger partial charge in [-0.05, 0) is 45.8 Å². The summed E-state index contributed by atoms with van der Waals surface area (Å²) < 4.78 is 29.6. The fraction of sp³-hybridized carbons (Fsp3) is 0.611. The zero-order valence-corrected chi connectivity index (χ0v) is 15.1. The molecule has 0 amide bonds. The van der Waals surface area contributed by atoms with Crippen LogP contribution in [0.5, 0.6) is 5.75 Å². The van der Waals surface area contributed by atoms with Crippen LogP contribution in [0.25, 0.3) is 0 Å². The standard InChI is InChI=1S/C18H28F2N4O/c1-4-21-18(23-12-15(24(2)3)13-9-10-13)22-11-14-7-5-6-8-16(14)25-17(19)20/h5-8,13,15,17H,4,9-12H2,1-3H3,(H2,21,22,23). The summed E-state index contributed by atoms with van der Waals surface area (Å²) in [6, 6.07) is 7.22. The van der Waals surface area contributed by atoms with Crippen LogP contribution < -0.4 is 15.4 Å². The van der Waals surface area contributed by atoms with Crippen molar-refractivity contribution in [2.45, 2.75) is 39.0 Å². The maximum Gasteiger partial charge on any atom is 0.387 e. The highest BCUT2D eigenvalue weighted by Crippen LogP contribution is 2.34. The van der Waals surface area contributed by atoms with Crippen LogP contribution >= 0.6 is 0 Å². The second-order valence-electron chi connectivity index (χ2n) is 6.43. The SMILES string of the molecule is CCNC(=NCc1ccccc1OC(F)F)NCC(C1CC1)N(C)C. The van der Waals surface area contributed by atoms with Crippen LogP contribution in [0.3, 0.4) is 0 Å². The predicted molar refractivity (Wildman–Crippen MR) is 96.1 cm³/mol. The van der Waals surface area contributed by atoms with Gasteiger partial charge >= 0.3 is 6.61 Å². The van der Waals surface area contributed by atoms with Gasteiger partial charge in [0.25, 0.3) is 0 Å². The first-order valence-electron chi connectivity index (χ1n) is 8.72. The lowest BCUT2D eigenvalue weighted by Gasteiger charge is -2.25. The summed E-state index contributed by atoms with van der Waals surface area (Å²) in [6.07, 6.45) is 2.55. The monoisotopic (exact) mass is 354 g/mol. The lowest BCUT2D eigenvalue weighted by atomic mass is 10.1. The Morgan fingerprint density at radius 1 is 1.28 bits per heavy atom. The second kappa shape index (κ2) is 9.56. The van der Waals surface area contributed by atoms with E-state index in [1.807, 2.05) is 6.92 Å². The van der Waals surface area contributed by atoms with E-state index >= 15 is 0 Å². The summed E-state index contributed by atoms with van der Waals surface area (Å²) in [6.45, 7) is 0.968. The highest BCUT2D eigenvalue weighted by Gasteiger charge is 2.32. The third-order valence-corrected chi connectivity index (χ3v) is 4.25. The number of nitrogens with zero attached hydrogens (tertiary/aromatic N) is 2. The Balaban J connectivity index is 1.99. The molecule has 1 aliphatic carbocycles. The Morgan fingerprint density at radius 2 is 2.00 bits per heavy atom. The average molecular weight is 354 g/mol. The topological polar surface area (TPSA) is 48.9 Å². The maximum absolute atomic E-state index is 12.5. The van der Waals surface area contributed by atoms with Gasteiger partial charge < -0.3 is 20.3 Å². The largest absolute Gasteiger partial charge is 0.434 e. The minimum Gasteiger partial charge on any atom is -0.434 e. The van der Waals surface area contributed by atoms with E-state index < -0.39 is 6.61 Å². The number of rotatable bonds is 9. The van der Waals surface area contributed by atoms with Crippen molar-refractivity contribution in [1.82, 2.24) is 15.5 Å². The van der Waals surface area contributed by atoms with Crippen LogP contribution in [0.2, 0.25) is 0 Å². The molecule has 0 saturated heterocycles. The Bertz CT molecular complexity index is 560. The highest BCUT2D eigenvalue weighted by atomic mass is 19.3. The number of nitrogens with one attached hydrogen (secondary N) is 2. The minimum atomic E-state index is -2.84.